The summed E-state index contributed by atoms with van der Waals surface area (Å²) in [5.74, 6) is 0.663. The molecule has 4 nitrogen and oxygen atoms in total. The summed E-state index contributed by atoms with van der Waals surface area (Å²) in [6.45, 7) is 6.42. The second kappa shape index (κ2) is 8.73. The predicted molar refractivity (Wildman–Crippen MR) is 92.8 cm³/mol. The molecule has 0 saturated carbocycles. The third kappa shape index (κ3) is 5.39. The van der Waals surface area contributed by atoms with Crippen molar-refractivity contribution in [2.45, 2.75) is 39.5 Å². The van der Waals surface area contributed by atoms with E-state index in [-0.39, 0.29) is 6.42 Å². The molecule has 1 aliphatic rings. The van der Waals surface area contributed by atoms with Gasteiger partial charge in [-0.1, -0.05) is 38.0 Å². The quantitative estimate of drug-likeness (QED) is 0.684. The van der Waals surface area contributed by atoms with Crippen LogP contribution in [0.25, 0.3) is 6.08 Å². The molecule has 0 aromatic heterocycles. The topological polar surface area (TPSA) is 58.6 Å². The van der Waals surface area contributed by atoms with Gasteiger partial charge in [0.2, 0.25) is 0 Å². The van der Waals surface area contributed by atoms with Gasteiger partial charge in [0.25, 0.3) is 0 Å². The molecule has 0 unspecified atom stereocenters. The number of aliphatic carboxylic acids is 1. The predicted octanol–water partition coefficient (Wildman–Crippen LogP) is 3.51. The van der Waals surface area contributed by atoms with Crippen molar-refractivity contribution in [2.75, 3.05) is 19.7 Å². The standard InChI is InChI=1S/C19H27NO3/c1-3-4-9-23-18-6-5-15-11-17(13-20-8-7-19(21)22)14(2)10-16(15)12-18/h5-6,11-12,14,20H,3-4,7-10,13H2,1-2H3,(H,21,22)/t14-/m0/s1. The Morgan fingerprint density at radius 1 is 1.43 bits per heavy atom. The summed E-state index contributed by atoms with van der Waals surface area (Å²) in [6.07, 6.45) is 5.62. The molecular formula is C19H27NO3. The molecule has 1 aliphatic carbocycles. The molecular weight excluding hydrogens is 290 g/mol. The summed E-state index contributed by atoms with van der Waals surface area (Å²) in [5, 5.41) is 11.9. The molecule has 0 bridgehead atoms. The second-order valence-electron chi connectivity index (χ2n) is 6.21. The molecule has 1 aromatic rings. The van der Waals surface area contributed by atoms with E-state index in [9.17, 15) is 4.79 Å². The van der Waals surface area contributed by atoms with E-state index in [0.717, 1.165) is 38.2 Å². The van der Waals surface area contributed by atoms with Gasteiger partial charge in [0, 0.05) is 13.1 Å². The largest absolute Gasteiger partial charge is 0.494 e. The molecule has 2 rings (SSSR count). The zero-order valence-corrected chi connectivity index (χ0v) is 14.1. The fraction of sp³-hybridized carbons (Fsp3) is 0.526. The number of fused-ring (bicyclic) bond motifs is 1. The molecule has 0 aliphatic heterocycles. The van der Waals surface area contributed by atoms with Gasteiger partial charge in [-0.3, -0.25) is 4.79 Å². The number of hydrogen-bond donors (Lipinski definition) is 2. The fourth-order valence-corrected chi connectivity index (χ4v) is 2.78. The number of unbranched alkanes of at least 4 members (excludes halogenated alkanes) is 1. The van der Waals surface area contributed by atoms with E-state index in [1.165, 1.54) is 16.7 Å². The molecule has 0 fully saturated rings. The van der Waals surface area contributed by atoms with Crippen molar-refractivity contribution in [3.05, 3.63) is 34.9 Å². The van der Waals surface area contributed by atoms with Crippen molar-refractivity contribution < 1.29 is 14.6 Å². The first-order chi connectivity index (χ1) is 11.1. The Morgan fingerprint density at radius 3 is 3.00 bits per heavy atom. The summed E-state index contributed by atoms with van der Waals surface area (Å²) < 4.78 is 5.79. The molecule has 0 amide bonds. The Labute approximate surface area is 138 Å². The van der Waals surface area contributed by atoms with Crippen molar-refractivity contribution in [1.29, 1.82) is 0 Å². The lowest BCUT2D eigenvalue weighted by molar-refractivity contribution is -0.136. The van der Waals surface area contributed by atoms with Gasteiger partial charge in [0.1, 0.15) is 5.75 Å². The Hall–Kier alpha value is -1.81. The minimum Gasteiger partial charge on any atom is -0.494 e. The normalized spacial score (nSPS) is 16.6. The van der Waals surface area contributed by atoms with E-state index in [2.05, 4.69) is 37.4 Å². The van der Waals surface area contributed by atoms with Crippen LogP contribution in [0, 0.1) is 5.92 Å². The molecule has 0 spiro atoms. The molecule has 0 radical (unpaired) electrons. The SMILES string of the molecule is CCCCOc1ccc2c(c1)C[C@H](C)C(CNCCC(=O)O)=C2. The molecule has 23 heavy (non-hydrogen) atoms. The maximum Gasteiger partial charge on any atom is 0.304 e. The Morgan fingerprint density at radius 2 is 2.26 bits per heavy atom. The number of carbonyl (C=O) groups is 1. The maximum absolute atomic E-state index is 10.5. The van der Waals surface area contributed by atoms with Crippen LogP contribution in [0.1, 0.15) is 44.2 Å². The van der Waals surface area contributed by atoms with E-state index >= 15 is 0 Å². The van der Waals surface area contributed by atoms with E-state index in [1.807, 2.05) is 6.07 Å². The van der Waals surface area contributed by atoms with Crippen molar-refractivity contribution in [1.82, 2.24) is 5.32 Å². The van der Waals surface area contributed by atoms with E-state index in [4.69, 9.17) is 9.84 Å². The van der Waals surface area contributed by atoms with Gasteiger partial charge in [0.15, 0.2) is 0 Å². The fourth-order valence-electron chi connectivity index (χ4n) is 2.78. The van der Waals surface area contributed by atoms with Crippen LogP contribution in [0.4, 0.5) is 0 Å². The molecule has 0 saturated heterocycles. The highest BCUT2D eigenvalue weighted by molar-refractivity contribution is 5.67. The Bertz CT molecular complexity index is 566. The first-order valence-electron chi connectivity index (χ1n) is 8.49. The lowest BCUT2D eigenvalue weighted by Crippen LogP contribution is -2.24. The number of carboxylic acids is 1. The Kier molecular flexibility index (Phi) is 6.66. The number of ether oxygens (including phenoxy) is 1. The minimum absolute atomic E-state index is 0.163. The van der Waals surface area contributed by atoms with Gasteiger partial charge in [0.05, 0.1) is 13.0 Å². The highest BCUT2D eigenvalue weighted by Crippen LogP contribution is 2.30. The summed E-state index contributed by atoms with van der Waals surface area (Å²) >= 11 is 0. The van der Waals surface area contributed by atoms with Crippen molar-refractivity contribution in [2.24, 2.45) is 5.92 Å². The molecule has 2 N–H and O–H groups in total. The lowest BCUT2D eigenvalue weighted by atomic mass is 9.84. The zero-order chi connectivity index (χ0) is 16.7. The monoisotopic (exact) mass is 317 g/mol. The van der Waals surface area contributed by atoms with Crippen molar-refractivity contribution >= 4 is 12.0 Å². The summed E-state index contributed by atoms with van der Waals surface area (Å²) in [5.41, 5.74) is 3.92. The highest BCUT2D eigenvalue weighted by Gasteiger charge is 2.18. The van der Waals surface area contributed by atoms with Crippen molar-refractivity contribution in [3.63, 3.8) is 0 Å². The summed E-state index contributed by atoms with van der Waals surface area (Å²) in [7, 11) is 0. The smallest absolute Gasteiger partial charge is 0.304 e. The number of carboxylic acid groups (broad SMARTS) is 1. The van der Waals surface area contributed by atoms with Crippen LogP contribution >= 0.6 is 0 Å². The third-order valence-electron chi connectivity index (χ3n) is 4.23. The first-order valence-corrected chi connectivity index (χ1v) is 8.49. The van der Waals surface area contributed by atoms with Crippen LogP contribution < -0.4 is 10.1 Å². The minimum atomic E-state index is -0.760. The average molecular weight is 317 g/mol. The number of benzene rings is 1. The highest BCUT2D eigenvalue weighted by atomic mass is 16.5. The second-order valence-corrected chi connectivity index (χ2v) is 6.21. The van der Waals surface area contributed by atoms with Crippen LogP contribution in [0.2, 0.25) is 0 Å². The number of hydrogen-bond acceptors (Lipinski definition) is 3. The molecule has 4 heteroatoms. The molecule has 1 aromatic carbocycles. The first kappa shape index (κ1) is 17.5. The average Bonchev–Trinajstić information content (AvgIpc) is 2.52. The van der Waals surface area contributed by atoms with Crippen LogP contribution in [0.5, 0.6) is 5.75 Å². The van der Waals surface area contributed by atoms with Gasteiger partial charge < -0.3 is 15.2 Å². The van der Waals surface area contributed by atoms with Gasteiger partial charge in [-0.15, -0.1) is 0 Å². The Balaban J connectivity index is 1.96. The maximum atomic E-state index is 10.5. The molecule has 0 heterocycles. The van der Waals surface area contributed by atoms with E-state index in [0.29, 0.717) is 12.5 Å². The molecule has 1 atom stereocenters. The van der Waals surface area contributed by atoms with E-state index < -0.39 is 5.97 Å². The number of rotatable bonds is 9. The van der Waals surface area contributed by atoms with Gasteiger partial charge >= 0.3 is 5.97 Å². The summed E-state index contributed by atoms with van der Waals surface area (Å²) in [4.78, 5) is 10.5. The molecule has 126 valence electrons. The summed E-state index contributed by atoms with van der Waals surface area (Å²) in [6, 6.07) is 6.32. The van der Waals surface area contributed by atoms with Crippen molar-refractivity contribution in [3.8, 4) is 5.75 Å². The van der Waals surface area contributed by atoms with Crippen LogP contribution in [0.15, 0.2) is 23.8 Å². The van der Waals surface area contributed by atoms with Gasteiger partial charge in [-0.2, -0.15) is 0 Å². The van der Waals surface area contributed by atoms with E-state index in [1.54, 1.807) is 0 Å². The number of nitrogens with one attached hydrogen (secondary N) is 1. The zero-order valence-electron chi connectivity index (χ0n) is 14.1. The van der Waals surface area contributed by atoms with Gasteiger partial charge in [-0.05, 0) is 42.0 Å². The third-order valence-corrected chi connectivity index (χ3v) is 4.23. The van der Waals surface area contributed by atoms with Crippen LogP contribution in [0.3, 0.4) is 0 Å². The van der Waals surface area contributed by atoms with Crippen LogP contribution in [-0.2, 0) is 11.2 Å². The van der Waals surface area contributed by atoms with Crippen LogP contribution in [-0.4, -0.2) is 30.8 Å². The van der Waals surface area contributed by atoms with Gasteiger partial charge in [-0.25, -0.2) is 0 Å². The lowest BCUT2D eigenvalue weighted by Gasteiger charge is -2.24.